The number of rotatable bonds is 10. The molecule has 9 heteroatoms. The first-order valence-electron chi connectivity index (χ1n) is 14.7. The van der Waals surface area contributed by atoms with Gasteiger partial charge in [0.15, 0.2) is 0 Å². The van der Waals surface area contributed by atoms with Crippen LogP contribution in [-0.4, -0.2) is 63.0 Å². The molecule has 0 aliphatic carbocycles. The molecule has 3 N–H and O–H groups in total. The first-order valence-corrected chi connectivity index (χ1v) is 15.5. The predicted octanol–water partition coefficient (Wildman–Crippen LogP) is 4.04. The lowest BCUT2D eigenvalue weighted by atomic mass is 9.66. The van der Waals surface area contributed by atoms with E-state index in [2.05, 4.69) is 17.6 Å². The topological polar surface area (TPSA) is 108 Å². The van der Waals surface area contributed by atoms with Gasteiger partial charge < -0.3 is 25.4 Å². The van der Waals surface area contributed by atoms with Crippen molar-refractivity contribution in [1.82, 2.24) is 10.2 Å². The summed E-state index contributed by atoms with van der Waals surface area (Å²) < 4.78 is 3.99. The molecule has 0 aromatic heterocycles. The van der Waals surface area contributed by atoms with Gasteiger partial charge in [-0.2, -0.15) is 0 Å². The molecule has 3 aromatic carbocycles. The van der Waals surface area contributed by atoms with Gasteiger partial charge in [-0.1, -0.05) is 60.7 Å². The fourth-order valence-corrected chi connectivity index (χ4v) is 9.72. The minimum atomic E-state index is -0.855. The van der Waals surface area contributed by atoms with Crippen LogP contribution in [-0.2, 0) is 27.3 Å². The van der Waals surface area contributed by atoms with Gasteiger partial charge >= 0.3 is 0 Å². The van der Waals surface area contributed by atoms with Gasteiger partial charge in [-0.3, -0.25) is 14.4 Å². The summed E-state index contributed by atoms with van der Waals surface area (Å²) in [4.78, 5) is 44.4. The molecule has 43 heavy (non-hydrogen) atoms. The van der Waals surface area contributed by atoms with E-state index in [0.717, 1.165) is 11.1 Å². The van der Waals surface area contributed by atoms with Gasteiger partial charge in [0, 0.05) is 17.0 Å². The molecule has 6 atom stereocenters. The van der Waals surface area contributed by atoms with E-state index in [1.165, 1.54) is 0 Å². The highest BCUT2D eigenvalue weighted by Crippen LogP contribution is 2.71. The summed E-state index contributed by atoms with van der Waals surface area (Å²) in [5.74, 6) is -1.32. The number of methoxy groups -OCH3 is 1. The van der Waals surface area contributed by atoms with Crippen LogP contribution in [0.5, 0.6) is 5.75 Å². The van der Waals surface area contributed by atoms with E-state index in [0.29, 0.717) is 37.2 Å². The quantitative estimate of drug-likeness (QED) is 0.325. The fraction of sp³-hybridized carbons (Fsp3) is 0.382. The molecule has 2 unspecified atom stereocenters. The van der Waals surface area contributed by atoms with Gasteiger partial charge in [-0.25, -0.2) is 0 Å². The number of carbonyl (C=O) groups is 3. The van der Waals surface area contributed by atoms with Crippen LogP contribution in [0.1, 0.15) is 30.9 Å². The third-order valence-electron chi connectivity index (χ3n) is 9.33. The van der Waals surface area contributed by atoms with Crippen molar-refractivity contribution < 1.29 is 24.2 Å². The lowest BCUT2D eigenvalue weighted by Gasteiger charge is -2.37. The Balaban J connectivity index is 1.35. The number of nitrogens with zero attached hydrogens (tertiary/aromatic N) is 1. The smallest absolute Gasteiger partial charge is 0.248 e. The number of anilines is 1. The maximum atomic E-state index is 14.6. The number of hydrogen-bond donors (Lipinski definition) is 3. The highest BCUT2D eigenvalue weighted by atomic mass is 32.2. The molecule has 2 bridgehead atoms. The van der Waals surface area contributed by atoms with Crippen molar-refractivity contribution in [2.75, 3.05) is 19.0 Å². The van der Waals surface area contributed by atoms with Gasteiger partial charge in [0.25, 0.3) is 0 Å². The van der Waals surface area contributed by atoms with E-state index in [1.807, 2.05) is 60.7 Å². The van der Waals surface area contributed by atoms with E-state index in [-0.39, 0.29) is 24.3 Å². The van der Waals surface area contributed by atoms with Gasteiger partial charge in [-0.15, -0.1) is 11.8 Å². The number of carbonyl (C=O) groups excluding carboxylic acids is 3. The number of hydrogen-bond acceptors (Lipinski definition) is 6. The zero-order valence-electron chi connectivity index (χ0n) is 24.4. The average Bonchev–Trinajstić information content (AvgIpc) is 3.60. The Hall–Kier alpha value is -3.82. The molecular weight excluding hydrogens is 562 g/mol. The van der Waals surface area contributed by atoms with Crippen LogP contribution >= 0.6 is 11.8 Å². The molecular formula is C34H37N3O5S. The highest BCUT2D eigenvalue weighted by molar-refractivity contribution is 8.02. The Morgan fingerprint density at radius 1 is 0.977 bits per heavy atom. The largest absolute Gasteiger partial charge is 0.497 e. The standard InChI is InChI=1S/C34H37N3O5S/c1-33-17-18-34(43-33)28(27(33)30(39)35-20-23-11-7-4-8-12-23)32(41)37(25(21-38)19-22-9-5-3-6-10-22)29(34)31(40)36-24-13-15-26(42-2)16-14-24/h3-16,25,27-29,38H,17-21H2,1-2H3,(H,35,39)(H,36,40)/t25-,27+,28+,29?,33-,34?/m1/s1. The Morgan fingerprint density at radius 2 is 1.63 bits per heavy atom. The zero-order valence-corrected chi connectivity index (χ0v) is 25.2. The normalized spacial score (nSPS) is 27.9. The monoisotopic (exact) mass is 599 g/mol. The van der Waals surface area contributed by atoms with Crippen LogP contribution in [0.4, 0.5) is 5.69 Å². The van der Waals surface area contributed by atoms with Crippen molar-refractivity contribution >= 4 is 35.2 Å². The maximum absolute atomic E-state index is 14.6. The molecule has 0 radical (unpaired) electrons. The maximum Gasteiger partial charge on any atom is 0.248 e. The average molecular weight is 600 g/mol. The van der Waals surface area contributed by atoms with Gasteiger partial charge in [0.05, 0.1) is 36.3 Å². The minimum absolute atomic E-state index is 0.168. The molecule has 8 nitrogen and oxygen atoms in total. The molecule has 3 amide bonds. The summed E-state index contributed by atoms with van der Waals surface area (Å²) in [6.07, 6.45) is 1.74. The number of fused-ring (bicyclic) bond motifs is 1. The number of amides is 3. The number of likely N-dealkylation sites (tertiary alicyclic amines) is 1. The molecule has 3 aliphatic rings. The Morgan fingerprint density at radius 3 is 2.26 bits per heavy atom. The van der Waals surface area contributed by atoms with E-state index in [9.17, 15) is 19.5 Å². The van der Waals surface area contributed by atoms with Crippen molar-refractivity contribution in [2.24, 2.45) is 11.8 Å². The first-order chi connectivity index (χ1) is 20.8. The molecule has 224 valence electrons. The zero-order chi connectivity index (χ0) is 30.2. The summed E-state index contributed by atoms with van der Waals surface area (Å²) in [5.41, 5.74) is 2.52. The highest BCUT2D eigenvalue weighted by Gasteiger charge is 2.77. The Bertz CT molecular complexity index is 1490. The van der Waals surface area contributed by atoms with E-state index < -0.39 is 33.4 Å². The summed E-state index contributed by atoms with van der Waals surface area (Å²) in [6.45, 7) is 2.12. The summed E-state index contributed by atoms with van der Waals surface area (Å²) in [5, 5.41) is 16.8. The second-order valence-electron chi connectivity index (χ2n) is 11.9. The van der Waals surface area contributed by atoms with Crippen LogP contribution < -0.4 is 15.4 Å². The number of aliphatic hydroxyl groups excluding tert-OH is 1. The Labute approximate surface area is 256 Å². The van der Waals surface area contributed by atoms with E-state index >= 15 is 0 Å². The van der Waals surface area contributed by atoms with E-state index in [1.54, 1.807) is 48.0 Å². The predicted molar refractivity (Wildman–Crippen MR) is 167 cm³/mol. The van der Waals surface area contributed by atoms with E-state index in [4.69, 9.17) is 4.74 Å². The number of benzene rings is 3. The number of aliphatic hydroxyl groups is 1. The molecule has 3 saturated heterocycles. The minimum Gasteiger partial charge on any atom is -0.497 e. The molecule has 3 aromatic rings. The van der Waals surface area contributed by atoms with Crippen LogP contribution in [0.3, 0.4) is 0 Å². The van der Waals surface area contributed by atoms with Crippen molar-refractivity contribution in [1.29, 1.82) is 0 Å². The van der Waals surface area contributed by atoms with Crippen LogP contribution in [0.15, 0.2) is 84.9 Å². The fourth-order valence-electron chi connectivity index (χ4n) is 7.37. The van der Waals surface area contributed by atoms with Crippen LogP contribution in [0.2, 0.25) is 0 Å². The summed E-state index contributed by atoms with van der Waals surface area (Å²) in [6, 6.07) is 24.9. The lowest BCUT2D eigenvalue weighted by molar-refractivity contribution is -0.142. The third kappa shape index (κ3) is 5.18. The summed E-state index contributed by atoms with van der Waals surface area (Å²) in [7, 11) is 1.58. The molecule has 3 aliphatic heterocycles. The van der Waals surface area contributed by atoms with Gasteiger partial charge in [0.1, 0.15) is 11.8 Å². The van der Waals surface area contributed by atoms with Gasteiger partial charge in [-0.05, 0) is 61.6 Å². The second-order valence-corrected chi connectivity index (χ2v) is 13.8. The number of thioether (sulfide) groups is 1. The van der Waals surface area contributed by atoms with Crippen molar-refractivity contribution in [3.05, 3.63) is 96.1 Å². The van der Waals surface area contributed by atoms with Crippen LogP contribution in [0, 0.1) is 11.8 Å². The van der Waals surface area contributed by atoms with Crippen LogP contribution in [0.25, 0.3) is 0 Å². The number of ether oxygens (including phenoxy) is 1. The van der Waals surface area contributed by atoms with Gasteiger partial charge in [0.2, 0.25) is 17.7 Å². The first kappa shape index (κ1) is 29.3. The van der Waals surface area contributed by atoms with Crippen molar-refractivity contribution in [2.45, 2.75) is 54.3 Å². The molecule has 1 spiro atoms. The second kappa shape index (κ2) is 11.7. The SMILES string of the molecule is COc1ccc(NC(=O)C2N([C@@H](CO)Cc3ccccc3)C(=O)[C@@H]3[C@@H](C(=O)NCc4ccccc4)[C@@]4(C)CCC23S4)cc1. The summed E-state index contributed by atoms with van der Waals surface area (Å²) >= 11 is 1.62. The molecule has 3 fully saturated rings. The lowest BCUT2D eigenvalue weighted by Crippen LogP contribution is -2.55. The molecule has 0 saturated carbocycles. The number of nitrogens with one attached hydrogen (secondary N) is 2. The van der Waals surface area contributed by atoms with Crippen molar-refractivity contribution in [3.63, 3.8) is 0 Å². The van der Waals surface area contributed by atoms with Crippen molar-refractivity contribution in [3.8, 4) is 5.75 Å². The third-order valence-corrected chi connectivity index (χ3v) is 11.3. The molecule has 3 heterocycles. The molecule has 6 rings (SSSR count). The Kier molecular flexibility index (Phi) is 7.96.